The van der Waals surface area contributed by atoms with Crippen LogP contribution in [0.15, 0.2) is 24.3 Å². The predicted octanol–water partition coefficient (Wildman–Crippen LogP) is 3.29. The second-order valence-corrected chi connectivity index (χ2v) is 5.55. The highest BCUT2D eigenvalue weighted by atomic mass is 16.3. The lowest BCUT2D eigenvalue weighted by atomic mass is 9.77. The van der Waals surface area contributed by atoms with Gasteiger partial charge in [-0.2, -0.15) is 0 Å². The summed E-state index contributed by atoms with van der Waals surface area (Å²) in [6, 6.07) is 6.83. The lowest BCUT2D eigenvalue weighted by Crippen LogP contribution is -2.48. The molecule has 0 aliphatic rings. The Hall–Kier alpha value is -1.55. The Kier molecular flexibility index (Phi) is 6.69. The molecular formula is C17H28N2O2. The first-order chi connectivity index (χ1) is 10.0. The molecule has 0 aliphatic carbocycles. The standard InChI is InChI=1S/C17H28N2O2/c1-4-10-17(13-18,11-5-2)16(21)19(6-3)14-8-7-9-15(20)12-14/h7-9,12,20H,4-6,10-11,13,18H2,1-3H3. The molecule has 0 saturated carbocycles. The van der Waals surface area contributed by atoms with Crippen molar-refractivity contribution in [3.63, 3.8) is 0 Å². The number of amides is 1. The summed E-state index contributed by atoms with van der Waals surface area (Å²) < 4.78 is 0. The van der Waals surface area contributed by atoms with Crippen LogP contribution in [0.4, 0.5) is 5.69 Å². The fourth-order valence-electron chi connectivity index (χ4n) is 2.98. The van der Waals surface area contributed by atoms with Crippen molar-refractivity contribution in [3.8, 4) is 5.75 Å². The Balaban J connectivity index is 3.14. The second-order valence-electron chi connectivity index (χ2n) is 5.55. The van der Waals surface area contributed by atoms with Gasteiger partial charge in [-0.05, 0) is 31.9 Å². The van der Waals surface area contributed by atoms with E-state index in [1.807, 2.05) is 13.0 Å². The summed E-state index contributed by atoms with van der Waals surface area (Å²) in [5.41, 5.74) is 6.22. The zero-order chi connectivity index (χ0) is 15.9. The van der Waals surface area contributed by atoms with Gasteiger partial charge in [0.2, 0.25) is 5.91 Å². The largest absolute Gasteiger partial charge is 0.508 e. The molecule has 3 N–H and O–H groups in total. The third-order valence-corrected chi connectivity index (χ3v) is 4.00. The molecule has 1 aromatic carbocycles. The van der Waals surface area contributed by atoms with Gasteiger partial charge in [-0.1, -0.05) is 32.8 Å². The van der Waals surface area contributed by atoms with Crippen molar-refractivity contribution in [1.82, 2.24) is 0 Å². The molecule has 0 fully saturated rings. The maximum absolute atomic E-state index is 13.1. The zero-order valence-corrected chi connectivity index (χ0v) is 13.4. The first kappa shape index (κ1) is 17.5. The number of carbonyl (C=O) groups is 1. The van der Waals surface area contributed by atoms with Gasteiger partial charge in [0.25, 0.3) is 0 Å². The Morgan fingerprint density at radius 1 is 1.24 bits per heavy atom. The van der Waals surface area contributed by atoms with Crippen molar-refractivity contribution in [1.29, 1.82) is 0 Å². The van der Waals surface area contributed by atoms with Gasteiger partial charge in [-0.25, -0.2) is 0 Å². The highest BCUT2D eigenvalue weighted by Crippen LogP contribution is 2.33. The van der Waals surface area contributed by atoms with Crippen LogP contribution in [0.5, 0.6) is 5.75 Å². The van der Waals surface area contributed by atoms with E-state index < -0.39 is 5.41 Å². The van der Waals surface area contributed by atoms with E-state index in [0.29, 0.717) is 13.1 Å². The quantitative estimate of drug-likeness (QED) is 0.772. The molecule has 0 unspecified atom stereocenters. The van der Waals surface area contributed by atoms with Crippen LogP contribution in [0.2, 0.25) is 0 Å². The maximum Gasteiger partial charge on any atom is 0.234 e. The van der Waals surface area contributed by atoms with E-state index in [1.165, 1.54) is 0 Å². The van der Waals surface area contributed by atoms with E-state index in [9.17, 15) is 9.90 Å². The first-order valence-electron chi connectivity index (χ1n) is 7.85. The molecule has 0 aliphatic heterocycles. The molecule has 0 atom stereocenters. The average Bonchev–Trinajstić information content (AvgIpc) is 2.47. The van der Waals surface area contributed by atoms with Gasteiger partial charge in [0.1, 0.15) is 5.75 Å². The van der Waals surface area contributed by atoms with Crippen molar-refractivity contribution in [2.24, 2.45) is 11.1 Å². The second kappa shape index (κ2) is 8.03. The Morgan fingerprint density at radius 2 is 1.86 bits per heavy atom. The number of nitrogens with two attached hydrogens (primary N) is 1. The van der Waals surface area contributed by atoms with Crippen LogP contribution in [0.1, 0.15) is 46.5 Å². The van der Waals surface area contributed by atoms with Crippen LogP contribution in [0, 0.1) is 5.41 Å². The highest BCUT2D eigenvalue weighted by molar-refractivity contribution is 5.97. The average molecular weight is 292 g/mol. The van der Waals surface area contributed by atoms with Gasteiger partial charge in [-0.3, -0.25) is 4.79 Å². The van der Waals surface area contributed by atoms with Crippen LogP contribution < -0.4 is 10.6 Å². The van der Waals surface area contributed by atoms with Crippen molar-refractivity contribution >= 4 is 11.6 Å². The molecule has 1 aromatic rings. The number of nitrogens with zero attached hydrogens (tertiary/aromatic N) is 1. The van der Waals surface area contributed by atoms with Crippen molar-refractivity contribution in [2.45, 2.75) is 46.5 Å². The first-order valence-corrected chi connectivity index (χ1v) is 7.85. The number of phenolic OH excluding ortho intramolecular Hbond substituents is 1. The van der Waals surface area contributed by atoms with Crippen molar-refractivity contribution in [2.75, 3.05) is 18.0 Å². The Morgan fingerprint density at radius 3 is 2.29 bits per heavy atom. The van der Waals surface area contributed by atoms with Gasteiger partial charge >= 0.3 is 0 Å². The van der Waals surface area contributed by atoms with Crippen LogP contribution >= 0.6 is 0 Å². The minimum Gasteiger partial charge on any atom is -0.508 e. The third kappa shape index (κ3) is 3.97. The van der Waals surface area contributed by atoms with E-state index in [4.69, 9.17) is 5.73 Å². The molecule has 0 radical (unpaired) electrons. The molecule has 21 heavy (non-hydrogen) atoms. The van der Waals surface area contributed by atoms with E-state index in [-0.39, 0.29) is 11.7 Å². The fraction of sp³-hybridized carbons (Fsp3) is 0.588. The summed E-state index contributed by atoms with van der Waals surface area (Å²) in [6.45, 7) is 7.04. The molecular weight excluding hydrogens is 264 g/mol. The van der Waals surface area contributed by atoms with Gasteiger partial charge in [0.15, 0.2) is 0 Å². The molecule has 0 saturated heterocycles. The maximum atomic E-state index is 13.1. The van der Waals surface area contributed by atoms with Crippen LogP contribution in [0.25, 0.3) is 0 Å². The minimum absolute atomic E-state index is 0.0711. The summed E-state index contributed by atoms with van der Waals surface area (Å²) >= 11 is 0. The summed E-state index contributed by atoms with van der Waals surface area (Å²) in [7, 11) is 0. The molecule has 1 amide bonds. The summed E-state index contributed by atoms with van der Waals surface area (Å²) in [5, 5.41) is 9.64. The van der Waals surface area contributed by atoms with E-state index >= 15 is 0 Å². The van der Waals surface area contributed by atoms with Crippen LogP contribution in [-0.2, 0) is 4.79 Å². The predicted molar refractivity (Wildman–Crippen MR) is 87.4 cm³/mol. The molecule has 1 rings (SSSR count). The molecule has 0 aromatic heterocycles. The zero-order valence-electron chi connectivity index (χ0n) is 13.4. The number of anilines is 1. The Labute approximate surface area is 128 Å². The lowest BCUT2D eigenvalue weighted by molar-refractivity contribution is -0.128. The molecule has 4 nitrogen and oxygen atoms in total. The van der Waals surface area contributed by atoms with Gasteiger partial charge in [0, 0.05) is 24.8 Å². The van der Waals surface area contributed by atoms with Gasteiger partial charge in [0.05, 0.1) is 5.41 Å². The number of hydrogen-bond acceptors (Lipinski definition) is 3. The van der Waals surface area contributed by atoms with Gasteiger partial charge in [-0.15, -0.1) is 0 Å². The highest BCUT2D eigenvalue weighted by Gasteiger charge is 2.38. The van der Waals surface area contributed by atoms with E-state index in [0.717, 1.165) is 31.4 Å². The van der Waals surface area contributed by atoms with Crippen LogP contribution in [-0.4, -0.2) is 24.1 Å². The molecule has 4 heteroatoms. The summed E-state index contributed by atoms with van der Waals surface area (Å²) in [5.74, 6) is 0.241. The lowest BCUT2D eigenvalue weighted by Gasteiger charge is -2.36. The van der Waals surface area contributed by atoms with E-state index in [1.54, 1.807) is 23.1 Å². The van der Waals surface area contributed by atoms with Crippen molar-refractivity contribution in [3.05, 3.63) is 24.3 Å². The molecule has 0 bridgehead atoms. The minimum atomic E-state index is -0.495. The number of hydrogen-bond donors (Lipinski definition) is 2. The fourth-order valence-corrected chi connectivity index (χ4v) is 2.98. The number of benzene rings is 1. The summed E-state index contributed by atoms with van der Waals surface area (Å²) in [6.07, 6.45) is 3.46. The number of rotatable bonds is 8. The number of phenols is 1. The summed E-state index contributed by atoms with van der Waals surface area (Å²) in [4.78, 5) is 14.8. The Bertz CT molecular complexity index is 454. The molecule has 0 spiro atoms. The van der Waals surface area contributed by atoms with Crippen LogP contribution in [0.3, 0.4) is 0 Å². The number of carbonyl (C=O) groups excluding carboxylic acids is 1. The topological polar surface area (TPSA) is 66.6 Å². The smallest absolute Gasteiger partial charge is 0.234 e. The molecule has 118 valence electrons. The number of aromatic hydroxyl groups is 1. The normalized spacial score (nSPS) is 11.4. The monoisotopic (exact) mass is 292 g/mol. The van der Waals surface area contributed by atoms with Crippen molar-refractivity contribution < 1.29 is 9.90 Å². The third-order valence-electron chi connectivity index (χ3n) is 4.00. The molecule has 0 heterocycles. The SMILES string of the molecule is CCCC(CN)(CCC)C(=O)N(CC)c1cccc(O)c1. The van der Waals surface area contributed by atoms with Gasteiger partial charge < -0.3 is 15.7 Å². The van der Waals surface area contributed by atoms with E-state index in [2.05, 4.69) is 13.8 Å².